The highest BCUT2D eigenvalue weighted by Gasteiger charge is 2.16. The number of H-pyrrole nitrogens is 1. The number of hydrogen-bond acceptors (Lipinski definition) is 5. The highest BCUT2D eigenvalue weighted by molar-refractivity contribution is 5.92. The van der Waals surface area contributed by atoms with E-state index in [0.717, 1.165) is 48.1 Å². The topological polar surface area (TPSA) is 80.6 Å². The molecule has 7 heteroatoms. The van der Waals surface area contributed by atoms with Gasteiger partial charge in [0.25, 0.3) is 0 Å². The van der Waals surface area contributed by atoms with E-state index in [-0.39, 0.29) is 5.82 Å². The number of piperidine rings is 1. The SMILES string of the molecule is N#CCc1cccc(-c2nc(Nc3ccc(N4CCCCC4)c(F)c3)nc3[nH]ccc23)c1. The Morgan fingerprint density at radius 3 is 2.75 bits per heavy atom. The number of nitrogens with one attached hydrogen (secondary N) is 2. The molecule has 0 radical (unpaired) electrons. The maximum absolute atomic E-state index is 14.8. The molecule has 4 aromatic rings. The van der Waals surface area contributed by atoms with E-state index in [0.29, 0.717) is 29.4 Å². The molecule has 1 aliphatic rings. The van der Waals surface area contributed by atoms with Crippen molar-refractivity contribution in [3.05, 3.63) is 66.1 Å². The highest BCUT2D eigenvalue weighted by Crippen LogP contribution is 2.30. The van der Waals surface area contributed by atoms with Crippen molar-refractivity contribution < 1.29 is 4.39 Å². The molecule has 2 N–H and O–H groups in total. The summed E-state index contributed by atoms with van der Waals surface area (Å²) >= 11 is 0. The van der Waals surface area contributed by atoms with E-state index in [1.54, 1.807) is 0 Å². The standard InChI is InChI=1S/C25H23FN6/c26-21-16-19(7-8-22(21)32-13-2-1-3-14-32)29-25-30-23(20-10-12-28-24(20)31-25)18-6-4-5-17(15-18)9-11-27/h4-8,10,12,15-16H,1-3,9,13-14H2,(H2,28,29,30,31). The number of halogens is 1. The van der Waals surface area contributed by atoms with Crippen molar-refractivity contribution in [3.8, 4) is 17.3 Å². The third-order valence-electron chi connectivity index (χ3n) is 5.80. The van der Waals surface area contributed by atoms with E-state index in [4.69, 9.17) is 10.2 Å². The van der Waals surface area contributed by atoms with Crippen LogP contribution in [-0.2, 0) is 6.42 Å². The predicted octanol–water partition coefficient (Wildman–Crippen LogP) is 5.56. The molecule has 0 aliphatic carbocycles. The van der Waals surface area contributed by atoms with Gasteiger partial charge in [-0.05, 0) is 55.2 Å². The van der Waals surface area contributed by atoms with Crippen LogP contribution in [0.3, 0.4) is 0 Å². The molecule has 32 heavy (non-hydrogen) atoms. The number of fused-ring (bicyclic) bond motifs is 1. The number of nitriles is 1. The van der Waals surface area contributed by atoms with Crippen LogP contribution >= 0.6 is 0 Å². The van der Waals surface area contributed by atoms with Crippen molar-refractivity contribution in [1.82, 2.24) is 15.0 Å². The molecule has 0 amide bonds. The van der Waals surface area contributed by atoms with Crippen LogP contribution < -0.4 is 10.2 Å². The Kier molecular flexibility index (Phi) is 5.42. The number of aromatic amines is 1. The number of hydrogen-bond donors (Lipinski definition) is 2. The van der Waals surface area contributed by atoms with Gasteiger partial charge in [-0.15, -0.1) is 0 Å². The smallest absolute Gasteiger partial charge is 0.229 e. The summed E-state index contributed by atoms with van der Waals surface area (Å²) in [6, 6.07) is 17.1. The predicted molar refractivity (Wildman–Crippen MR) is 124 cm³/mol. The molecule has 0 saturated carbocycles. The monoisotopic (exact) mass is 426 g/mol. The van der Waals surface area contributed by atoms with Crippen LogP contribution in [0.2, 0.25) is 0 Å². The van der Waals surface area contributed by atoms with Crippen molar-refractivity contribution in [2.75, 3.05) is 23.3 Å². The number of anilines is 3. The second-order valence-corrected chi connectivity index (χ2v) is 8.01. The Morgan fingerprint density at radius 1 is 1.06 bits per heavy atom. The first kappa shape index (κ1) is 20.0. The molecule has 2 aromatic heterocycles. The fourth-order valence-electron chi connectivity index (χ4n) is 4.24. The quantitative estimate of drug-likeness (QED) is 0.436. The maximum Gasteiger partial charge on any atom is 0.229 e. The van der Waals surface area contributed by atoms with Crippen molar-refractivity contribution in [2.45, 2.75) is 25.7 Å². The molecule has 160 valence electrons. The van der Waals surface area contributed by atoms with Gasteiger partial charge in [0.15, 0.2) is 0 Å². The van der Waals surface area contributed by atoms with Crippen molar-refractivity contribution in [2.24, 2.45) is 0 Å². The van der Waals surface area contributed by atoms with Gasteiger partial charge in [0, 0.05) is 35.9 Å². The van der Waals surface area contributed by atoms with Gasteiger partial charge in [-0.25, -0.2) is 9.37 Å². The summed E-state index contributed by atoms with van der Waals surface area (Å²) in [7, 11) is 0. The first-order chi connectivity index (χ1) is 15.7. The van der Waals surface area contributed by atoms with Crippen molar-refractivity contribution in [3.63, 3.8) is 0 Å². The lowest BCUT2D eigenvalue weighted by Gasteiger charge is -2.29. The fraction of sp³-hybridized carbons (Fsp3) is 0.240. The minimum Gasteiger partial charge on any atom is -0.369 e. The third kappa shape index (κ3) is 4.00. The minimum atomic E-state index is -0.248. The van der Waals surface area contributed by atoms with Crippen LogP contribution in [0.25, 0.3) is 22.3 Å². The maximum atomic E-state index is 14.8. The zero-order chi connectivity index (χ0) is 21.9. The summed E-state index contributed by atoms with van der Waals surface area (Å²) < 4.78 is 14.8. The fourth-order valence-corrected chi connectivity index (χ4v) is 4.24. The summed E-state index contributed by atoms with van der Waals surface area (Å²) in [5.74, 6) is 0.132. The van der Waals surface area contributed by atoms with Gasteiger partial charge in [-0.2, -0.15) is 10.2 Å². The highest BCUT2D eigenvalue weighted by atomic mass is 19.1. The minimum absolute atomic E-state index is 0.248. The van der Waals surface area contributed by atoms with E-state index in [9.17, 15) is 4.39 Å². The number of rotatable bonds is 5. The van der Waals surface area contributed by atoms with Gasteiger partial charge >= 0.3 is 0 Å². The molecule has 0 unspecified atom stereocenters. The van der Waals surface area contributed by atoms with E-state index in [2.05, 4.69) is 26.3 Å². The molecular weight excluding hydrogens is 403 g/mol. The lowest BCUT2D eigenvalue weighted by molar-refractivity contribution is 0.557. The Balaban J connectivity index is 1.47. The second-order valence-electron chi connectivity index (χ2n) is 8.01. The Morgan fingerprint density at radius 2 is 1.94 bits per heavy atom. The summed E-state index contributed by atoms with van der Waals surface area (Å²) in [5.41, 5.74) is 4.51. The van der Waals surface area contributed by atoms with Gasteiger partial charge in [0.2, 0.25) is 5.95 Å². The average Bonchev–Trinajstić information content (AvgIpc) is 3.28. The molecule has 1 saturated heterocycles. The Labute approximate surface area is 185 Å². The van der Waals surface area contributed by atoms with Gasteiger partial charge in [-0.3, -0.25) is 0 Å². The summed E-state index contributed by atoms with van der Waals surface area (Å²) in [5, 5.41) is 13.1. The summed E-state index contributed by atoms with van der Waals surface area (Å²) in [6.45, 7) is 1.79. The molecule has 1 aliphatic heterocycles. The van der Waals surface area contributed by atoms with Crippen LogP contribution in [0.1, 0.15) is 24.8 Å². The summed E-state index contributed by atoms with van der Waals surface area (Å²) in [4.78, 5) is 14.5. The van der Waals surface area contributed by atoms with Gasteiger partial charge in [0.05, 0.1) is 23.9 Å². The normalized spacial score (nSPS) is 13.8. The number of benzene rings is 2. The first-order valence-corrected chi connectivity index (χ1v) is 10.8. The van der Waals surface area contributed by atoms with Crippen LogP contribution in [0.15, 0.2) is 54.7 Å². The summed E-state index contributed by atoms with van der Waals surface area (Å²) in [6.07, 6.45) is 5.56. The molecule has 0 spiro atoms. The van der Waals surface area contributed by atoms with Crippen molar-refractivity contribution in [1.29, 1.82) is 5.26 Å². The Bertz CT molecular complexity index is 1300. The van der Waals surface area contributed by atoms with E-state index in [1.165, 1.54) is 12.5 Å². The van der Waals surface area contributed by atoms with Crippen LogP contribution in [0, 0.1) is 17.1 Å². The zero-order valence-corrected chi connectivity index (χ0v) is 17.6. The van der Waals surface area contributed by atoms with E-state index >= 15 is 0 Å². The van der Waals surface area contributed by atoms with Gasteiger partial charge in [0.1, 0.15) is 11.5 Å². The number of nitrogens with zero attached hydrogens (tertiary/aromatic N) is 4. The van der Waals surface area contributed by atoms with Crippen LogP contribution in [0.4, 0.5) is 21.7 Å². The molecule has 1 fully saturated rings. The van der Waals surface area contributed by atoms with Gasteiger partial charge in [-0.1, -0.05) is 18.2 Å². The molecule has 3 heterocycles. The average molecular weight is 426 g/mol. The largest absolute Gasteiger partial charge is 0.369 e. The van der Waals surface area contributed by atoms with Crippen LogP contribution in [0.5, 0.6) is 0 Å². The van der Waals surface area contributed by atoms with Crippen molar-refractivity contribution >= 4 is 28.4 Å². The lowest BCUT2D eigenvalue weighted by Crippen LogP contribution is -2.30. The molecule has 0 bridgehead atoms. The third-order valence-corrected chi connectivity index (χ3v) is 5.80. The van der Waals surface area contributed by atoms with Gasteiger partial charge < -0.3 is 15.2 Å². The van der Waals surface area contributed by atoms with Crippen LogP contribution in [-0.4, -0.2) is 28.0 Å². The lowest BCUT2D eigenvalue weighted by atomic mass is 10.0. The zero-order valence-electron chi connectivity index (χ0n) is 17.6. The first-order valence-electron chi connectivity index (χ1n) is 10.8. The van der Waals surface area contributed by atoms with E-state index in [1.807, 2.05) is 48.7 Å². The van der Waals surface area contributed by atoms with E-state index < -0.39 is 0 Å². The Hall–Kier alpha value is -3.92. The molecule has 2 aromatic carbocycles. The molecule has 5 rings (SSSR count). The molecule has 0 atom stereocenters. The molecular formula is C25H23FN6. The second kappa shape index (κ2) is 8.67. The number of aromatic nitrogens is 3. The molecule has 6 nitrogen and oxygen atoms in total.